The highest BCUT2D eigenvalue weighted by Crippen LogP contribution is 2.48. The topological polar surface area (TPSA) is 71.3 Å². The lowest BCUT2D eigenvalue weighted by molar-refractivity contribution is -0.112. The predicted molar refractivity (Wildman–Crippen MR) is 163 cm³/mol. The lowest BCUT2D eigenvalue weighted by Gasteiger charge is -2.42. The van der Waals surface area contributed by atoms with Crippen LogP contribution in [0.2, 0.25) is 5.02 Å². The van der Waals surface area contributed by atoms with Crippen molar-refractivity contribution in [1.82, 2.24) is 4.57 Å². The average molecular weight is 591 g/mol. The molecule has 0 unspecified atom stereocenters. The van der Waals surface area contributed by atoms with Crippen molar-refractivity contribution in [2.45, 2.75) is 53.5 Å². The Labute approximate surface area is 248 Å². The zero-order valence-electron chi connectivity index (χ0n) is 24.0. The molecule has 0 aliphatic heterocycles. The Kier molecular flexibility index (Phi) is 7.75. The lowest BCUT2D eigenvalue weighted by atomic mass is 9.63. The van der Waals surface area contributed by atoms with Gasteiger partial charge in [0.15, 0.2) is 5.69 Å². The number of nitrogens with one attached hydrogen (secondary N) is 1. The van der Waals surface area contributed by atoms with Crippen molar-refractivity contribution in [2.75, 3.05) is 5.32 Å². The summed E-state index contributed by atoms with van der Waals surface area (Å²) in [5.74, 6) is -3.07. The molecule has 218 valence electrons. The summed E-state index contributed by atoms with van der Waals surface area (Å²) in [5, 5.41) is 14.3. The normalized spacial score (nSPS) is 15.9. The fraction of sp³-hybridized carbons (Fsp3) is 0.294. The number of fused-ring (bicyclic) bond motifs is 1. The van der Waals surface area contributed by atoms with Crippen LogP contribution in [0.1, 0.15) is 63.0 Å². The Morgan fingerprint density at radius 1 is 0.952 bits per heavy atom. The molecular formula is C34H33ClF2N2O3. The Morgan fingerprint density at radius 3 is 2.24 bits per heavy atom. The van der Waals surface area contributed by atoms with Crippen molar-refractivity contribution < 1.29 is 23.5 Å². The maximum absolute atomic E-state index is 14.0. The van der Waals surface area contributed by atoms with E-state index in [1.165, 1.54) is 12.1 Å². The second kappa shape index (κ2) is 11.0. The van der Waals surface area contributed by atoms with Crippen molar-refractivity contribution in [3.63, 3.8) is 0 Å². The predicted octanol–water partition coefficient (Wildman–Crippen LogP) is 9.09. The number of rotatable bonds is 6. The van der Waals surface area contributed by atoms with E-state index in [1.807, 2.05) is 6.07 Å². The number of nitrogens with zero attached hydrogens (tertiary/aromatic N) is 1. The summed E-state index contributed by atoms with van der Waals surface area (Å²) in [6.07, 6.45) is 4.19. The fourth-order valence-electron chi connectivity index (χ4n) is 6.74. The summed E-state index contributed by atoms with van der Waals surface area (Å²) < 4.78 is 29.7. The number of carboxylic acids is 1. The van der Waals surface area contributed by atoms with Crippen LogP contribution in [0, 0.1) is 22.5 Å². The van der Waals surface area contributed by atoms with Gasteiger partial charge in [-0.2, -0.15) is 0 Å². The van der Waals surface area contributed by atoms with Crippen molar-refractivity contribution in [1.29, 1.82) is 0 Å². The summed E-state index contributed by atoms with van der Waals surface area (Å²) in [7, 11) is 0. The van der Waals surface area contributed by atoms with Crippen molar-refractivity contribution in [3.05, 3.63) is 100 Å². The summed E-state index contributed by atoms with van der Waals surface area (Å²) >= 11 is 6.21. The maximum atomic E-state index is 14.0. The third kappa shape index (κ3) is 6.41. The Bertz CT molecular complexity index is 1720. The van der Waals surface area contributed by atoms with E-state index in [9.17, 15) is 23.5 Å². The van der Waals surface area contributed by atoms with Crippen LogP contribution >= 0.6 is 11.6 Å². The molecule has 0 spiro atoms. The minimum atomic E-state index is -1.23. The molecule has 8 heteroatoms. The number of aromatic nitrogens is 1. The summed E-state index contributed by atoms with van der Waals surface area (Å²) in [6.45, 7) is 8.89. The third-order valence-electron chi connectivity index (χ3n) is 7.64. The fourth-order valence-corrected chi connectivity index (χ4v) is 6.95. The summed E-state index contributed by atoms with van der Waals surface area (Å²) in [4.78, 5) is 26.1. The smallest absolute Gasteiger partial charge is 0.354 e. The number of allylic oxidation sites excluding steroid dienone is 1. The minimum absolute atomic E-state index is 0.0415. The highest BCUT2D eigenvalue weighted by molar-refractivity contribution is 6.30. The van der Waals surface area contributed by atoms with Gasteiger partial charge in [0.2, 0.25) is 5.91 Å². The molecule has 1 aliphatic rings. The lowest BCUT2D eigenvalue weighted by Crippen LogP contribution is -2.30. The number of hydrogen-bond acceptors (Lipinski definition) is 2. The number of halogens is 3. The number of aromatic carboxylic acids is 1. The number of carbonyl (C=O) groups is 2. The summed E-state index contributed by atoms with van der Waals surface area (Å²) in [5.41, 5.74) is 3.18. The van der Waals surface area contributed by atoms with E-state index in [1.54, 1.807) is 47.0 Å². The molecule has 3 aromatic carbocycles. The van der Waals surface area contributed by atoms with Crippen molar-refractivity contribution >= 4 is 40.1 Å². The number of anilines is 1. The van der Waals surface area contributed by atoms with E-state index in [4.69, 9.17) is 11.6 Å². The average Bonchev–Trinajstić information content (AvgIpc) is 3.13. The number of carboxylic acid groups (broad SMARTS) is 1. The first kappa shape index (κ1) is 29.5. The van der Waals surface area contributed by atoms with Crippen LogP contribution in [0.3, 0.4) is 0 Å². The van der Waals surface area contributed by atoms with Crippen LogP contribution < -0.4 is 5.32 Å². The molecule has 0 saturated heterocycles. The molecule has 0 atom stereocenters. The highest BCUT2D eigenvalue weighted by atomic mass is 35.5. The molecule has 1 heterocycles. The molecule has 1 fully saturated rings. The monoisotopic (exact) mass is 590 g/mol. The first-order valence-electron chi connectivity index (χ1n) is 13.8. The Hall–Kier alpha value is -3.97. The zero-order valence-corrected chi connectivity index (χ0v) is 24.8. The van der Waals surface area contributed by atoms with Gasteiger partial charge in [0.05, 0.1) is 11.2 Å². The molecule has 42 heavy (non-hydrogen) atoms. The van der Waals surface area contributed by atoms with Crippen LogP contribution in [-0.4, -0.2) is 21.6 Å². The minimum Gasteiger partial charge on any atom is -0.477 e. The molecule has 1 saturated carbocycles. The van der Waals surface area contributed by atoms with Gasteiger partial charge in [-0.25, -0.2) is 13.6 Å². The molecule has 1 amide bonds. The Balaban J connectivity index is 1.64. The molecular weight excluding hydrogens is 558 g/mol. The van der Waals surface area contributed by atoms with E-state index >= 15 is 0 Å². The van der Waals surface area contributed by atoms with E-state index in [0.717, 1.165) is 36.5 Å². The molecule has 0 bridgehead atoms. The van der Waals surface area contributed by atoms with E-state index in [2.05, 4.69) is 33.0 Å². The number of benzene rings is 3. The second-order valence-electron chi connectivity index (χ2n) is 12.8. The van der Waals surface area contributed by atoms with Gasteiger partial charge in [-0.15, -0.1) is 0 Å². The van der Waals surface area contributed by atoms with Crippen LogP contribution in [0.15, 0.2) is 72.3 Å². The van der Waals surface area contributed by atoms with Gasteiger partial charge in [0.1, 0.15) is 11.6 Å². The van der Waals surface area contributed by atoms with Gasteiger partial charge in [-0.1, -0.05) is 69.1 Å². The van der Waals surface area contributed by atoms with E-state index in [-0.39, 0.29) is 28.8 Å². The van der Waals surface area contributed by atoms with Gasteiger partial charge in [0, 0.05) is 29.1 Å². The molecule has 4 aromatic rings. The number of hydrogen-bond donors (Lipinski definition) is 2. The van der Waals surface area contributed by atoms with Crippen LogP contribution in [0.5, 0.6) is 0 Å². The van der Waals surface area contributed by atoms with Crippen molar-refractivity contribution in [3.8, 4) is 11.1 Å². The highest BCUT2D eigenvalue weighted by Gasteiger charge is 2.36. The second-order valence-corrected chi connectivity index (χ2v) is 13.2. The summed E-state index contributed by atoms with van der Waals surface area (Å²) in [6, 6.07) is 15.3. The van der Waals surface area contributed by atoms with Gasteiger partial charge < -0.3 is 15.0 Å². The van der Waals surface area contributed by atoms with Crippen molar-refractivity contribution in [2.24, 2.45) is 10.8 Å². The molecule has 5 nitrogen and oxygen atoms in total. The molecule has 1 aliphatic carbocycles. The first-order chi connectivity index (χ1) is 19.7. The number of carbonyl (C=O) groups excluding carboxylic acids is 1. The molecule has 2 N–H and O–H groups in total. The molecule has 5 rings (SSSR count). The number of amides is 1. The van der Waals surface area contributed by atoms with Gasteiger partial charge in [-0.3, -0.25) is 4.79 Å². The van der Waals surface area contributed by atoms with Crippen LogP contribution in [-0.2, 0) is 11.3 Å². The van der Waals surface area contributed by atoms with E-state index < -0.39 is 23.5 Å². The maximum Gasteiger partial charge on any atom is 0.354 e. The van der Waals surface area contributed by atoms with E-state index in [0.29, 0.717) is 27.1 Å². The SMILES string of the molecule is CC1(C)CC(=CC(=O)Nc2c(C(=O)O)n(Cc3cccc(Cl)c3)c3cc(-c4cc(F)cc(F)c4)ccc23)CC(C)(C)C1. The molecule has 0 radical (unpaired) electrons. The zero-order chi connectivity index (χ0) is 30.4. The van der Waals surface area contributed by atoms with Gasteiger partial charge in [-0.05, 0) is 77.1 Å². The molecule has 1 aromatic heterocycles. The third-order valence-corrected chi connectivity index (χ3v) is 7.88. The van der Waals surface area contributed by atoms with Crippen LogP contribution in [0.25, 0.3) is 22.0 Å². The first-order valence-corrected chi connectivity index (χ1v) is 14.2. The standard InChI is InChI=1S/C34H33ClF2N2O3/c1-33(2)16-21(17-34(3,4)19-33)11-29(40)38-30-27-9-8-22(23-12-25(36)15-26(37)13-23)14-28(27)39(31(30)32(41)42)18-20-6-5-7-24(35)10-20/h5-15H,16-19H2,1-4H3,(H,38,40)(H,41,42). The Morgan fingerprint density at radius 2 is 1.62 bits per heavy atom. The quantitative estimate of drug-likeness (QED) is 0.220. The van der Waals surface area contributed by atoms with Gasteiger partial charge >= 0.3 is 5.97 Å². The van der Waals surface area contributed by atoms with Crippen LogP contribution in [0.4, 0.5) is 14.5 Å². The largest absolute Gasteiger partial charge is 0.477 e. The van der Waals surface area contributed by atoms with Gasteiger partial charge in [0.25, 0.3) is 0 Å².